The van der Waals surface area contributed by atoms with Gasteiger partial charge in [0.1, 0.15) is 30.5 Å². The van der Waals surface area contributed by atoms with E-state index in [-0.39, 0.29) is 55.6 Å². The molecule has 4 aromatic rings. The molecule has 370 valence electrons. The van der Waals surface area contributed by atoms with Gasteiger partial charge in [-0.15, -0.1) is 0 Å². The molecule has 14 nitrogen and oxygen atoms in total. The SMILES string of the molecule is C=CC(=O)N1CC[C@H](C(=O)N(C)[C@H](C(=O)N[C@H]2Cc3cc(F)cc(c3)-c3ccc4c(c3)c(c(-c3cccnc3[C@H](C)OC)n4CC(F)(F)F)CC(C)(C)COC(=O)[C@@H]3CCCN(N3)C2=O)C(C)C)C1. The summed E-state index contributed by atoms with van der Waals surface area (Å²) in [6, 6.07) is 9.14. The first-order valence-electron chi connectivity index (χ1n) is 23.3. The van der Waals surface area contributed by atoms with Crippen LogP contribution < -0.4 is 10.7 Å². The number of carbonyl (C=O) groups excluding carboxylic acids is 5. The zero-order valence-corrected chi connectivity index (χ0v) is 40.1. The van der Waals surface area contributed by atoms with Gasteiger partial charge in [0.2, 0.25) is 17.7 Å². The molecular weight excluding hydrogens is 899 g/mol. The average molecular weight is 960 g/mol. The number of likely N-dealkylation sites (N-methyl/N-ethyl adjacent to an activating group) is 1. The van der Waals surface area contributed by atoms with Crippen LogP contribution in [0.5, 0.6) is 0 Å². The number of likely N-dealkylation sites (tertiary alicyclic amines) is 1. The van der Waals surface area contributed by atoms with Crippen LogP contribution in [0.2, 0.25) is 0 Å². The van der Waals surface area contributed by atoms with E-state index < -0.39 is 77.8 Å². The quantitative estimate of drug-likeness (QED) is 0.0977. The molecule has 3 aliphatic rings. The third kappa shape index (κ3) is 11.2. The highest BCUT2D eigenvalue weighted by atomic mass is 19.4. The normalized spacial score (nSPS) is 20.8. The Bertz CT molecular complexity index is 2630. The van der Waals surface area contributed by atoms with E-state index in [4.69, 9.17) is 9.47 Å². The van der Waals surface area contributed by atoms with E-state index in [9.17, 15) is 37.1 Å². The van der Waals surface area contributed by atoms with Crippen molar-refractivity contribution in [3.05, 3.63) is 90.0 Å². The van der Waals surface area contributed by atoms with Crippen molar-refractivity contribution in [1.29, 1.82) is 0 Å². The predicted octanol–water partition coefficient (Wildman–Crippen LogP) is 6.95. The summed E-state index contributed by atoms with van der Waals surface area (Å²) in [4.78, 5) is 76.7. The second-order valence-corrected chi connectivity index (χ2v) is 19.6. The van der Waals surface area contributed by atoms with Crippen molar-refractivity contribution in [2.45, 2.75) is 104 Å². The Morgan fingerprint density at radius 2 is 1.83 bits per heavy atom. The molecule has 18 heteroatoms. The number of carbonyl (C=O) groups is 5. The number of nitrogens with one attached hydrogen (secondary N) is 2. The number of aromatic nitrogens is 2. The van der Waals surface area contributed by atoms with Gasteiger partial charge in [-0.25, -0.2) is 9.82 Å². The average Bonchev–Trinajstić information content (AvgIpc) is 3.91. The number of fused-ring (bicyclic) bond motifs is 6. The number of alkyl halides is 3. The first kappa shape index (κ1) is 50.7. The highest BCUT2D eigenvalue weighted by molar-refractivity contribution is 5.96. The number of methoxy groups -OCH3 is 1. The van der Waals surface area contributed by atoms with Crippen LogP contribution in [0, 0.1) is 23.1 Å². The molecule has 2 aromatic heterocycles. The van der Waals surface area contributed by atoms with Crippen LogP contribution in [0.25, 0.3) is 33.3 Å². The van der Waals surface area contributed by atoms with Gasteiger partial charge in [0.15, 0.2) is 0 Å². The summed E-state index contributed by atoms with van der Waals surface area (Å²) in [6.07, 6.45) is -1.48. The molecule has 69 heavy (non-hydrogen) atoms. The summed E-state index contributed by atoms with van der Waals surface area (Å²) in [6.45, 7) is 11.7. The second-order valence-electron chi connectivity index (χ2n) is 19.6. The maximum Gasteiger partial charge on any atom is 0.406 e. The fourth-order valence-electron chi connectivity index (χ4n) is 9.96. The number of hydrogen-bond acceptors (Lipinski definition) is 9. The van der Waals surface area contributed by atoms with Gasteiger partial charge in [0, 0.05) is 68.3 Å². The van der Waals surface area contributed by atoms with Crippen LogP contribution in [0.4, 0.5) is 17.6 Å². The van der Waals surface area contributed by atoms with Crippen LogP contribution in [-0.2, 0) is 52.8 Å². The molecule has 4 amide bonds. The minimum absolute atomic E-state index is 0.140. The van der Waals surface area contributed by atoms with E-state index in [1.54, 1.807) is 63.4 Å². The number of pyridine rings is 1. The second kappa shape index (κ2) is 20.4. The van der Waals surface area contributed by atoms with Crippen molar-refractivity contribution in [3.63, 3.8) is 0 Å². The molecule has 2 saturated heterocycles. The fourth-order valence-corrected chi connectivity index (χ4v) is 9.96. The Hall–Kier alpha value is -6.14. The molecule has 0 radical (unpaired) electrons. The van der Waals surface area contributed by atoms with Crippen molar-refractivity contribution in [1.82, 2.24) is 35.1 Å². The lowest BCUT2D eigenvalue weighted by atomic mass is 9.84. The van der Waals surface area contributed by atoms with Crippen LogP contribution in [0.1, 0.15) is 76.8 Å². The summed E-state index contributed by atoms with van der Waals surface area (Å²) in [5.74, 6) is -4.20. The van der Waals surface area contributed by atoms with Crippen molar-refractivity contribution in [2.24, 2.45) is 17.3 Å². The van der Waals surface area contributed by atoms with E-state index >= 15 is 4.39 Å². The monoisotopic (exact) mass is 959 g/mol. The van der Waals surface area contributed by atoms with Gasteiger partial charge in [-0.05, 0) is 103 Å². The zero-order chi connectivity index (χ0) is 50.1. The third-order valence-electron chi connectivity index (χ3n) is 13.4. The first-order valence-corrected chi connectivity index (χ1v) is 23.3. The Labute approximate surface area is 399 Å². The zero-order valence-electron chi connectivity index (χ0n) is 40.1. The molecule has 2 fully saturated rings. The number of esters is 1. The molecule has 0 aliphatic carbocycles. The Morgan fingerprint density at radius 1 is 1.07 bits per heavy atom. The summed E-state index contributed by atoms with van der Waals surface area (Å²) in [5, 5.41) is 4.60. The van der Waals surface area contributed by atoms with Crippen LogP contribution in [0.3, 0.4) is 0 Å². The Balaban J connectivity index is 1.34. The molecule has 6 bridgehead atoms. The molecule has 2 N–H and O–H groups in total. The van der Waals surface area contributed by atoms with E-state index in [0.717, 1.165) is 0 Å². The first-order chi connectivity index (χ1) is 32.6. The molecule has 0 unspecified atom stereocenters. The van der Waals surface area contributed by atoms with E-state index in [0.29, 0.717) is 64.7 Å². The highest BCUT2D eigenvalue weighted by Crippen LogP contribution is 2.43. The lowest BCUT2D eigenvalue weighted by Gasteiger charge is -2.37. The number of cyclic esters (lactones) is 1. The maximum absolute atomic E-state index is 16.0. The standard InChI is InChI=1S/C51H61F4N7O7/c1-9-42(63)60-19-16-33(26-60)47(65)59(7)44(29(2)3)46(64)57-40-22-31-20-34(23-35(52)21-31)32-14-15-41-37(24-32)38(25-50(5,6)28-69-49(67)39-13-11-18-62(58-39)48(40)66)45(61(41)27-51(53,54)55)36-12-10-17-56-43(36)30(4)68-8/h9-10,12,14-15,17,20-21,23-24,29-30,33,39-40,44,58H,1,11,13,16,18-19,22,25-28H2,2-8H3,(H,57,64)/t30-,33-,39-,40-,44-/m0/s1. The Kier molecular flexibility index (Phi) is 15.0. The molecule has 7 rings (SSSR count). The third-order valence-corrected chi connectivity index (χ3v) is 13.4. The number of rotatable bonds is 10. The lowest BCUT2D eigenvalue weighted by molar-refractivity contribution is -0.155. The Morgan fingerprint density at radius 3 is 2.52 bits per heavy atom. The van der Waals surface area contributed by atoms with Gasteiger partial charge < -0.3 is 29.2 Å². The molecular formula is C51H61F4N7O7. The largest absolute Gasteiger partial charge is 0.464 e. The molecule has 0 saturated carbocycles. The smallest absolute Gasteiger partial charge is 0.406 e. The molecule has 2 aromatic carbocycles. The van der Waals surface area contributed by atoms with E-state index in [2.05, 4.69) is 22.3 Å². The summed E-state index contributed by atoms with van der Waals surface area (Å²) in [7, 11) is 3.00. The number of amides is 4. The maximum atomic E-state index is 16.0. The van der Waals surface area contributed by atoms with Gasteiger partial charge in [0.05, 0.1) is 30.0 Å². The van der Waals surface area contributed by atoms with Crippen molar-refractivity contribution in [2.75, 3.05) is 40.4 Å². The van der Waals surface area contributed by atoms with Gasteiger partial charge in [-0.1, -0.05) is 46.4 Å². The molecule has 5 heterocycles. The number of hydrogen-bond donors (Lipinski definition) is 2. The number of ether oxygens (including phenoxy) is 2. The number of hydrazine groups is 1. The van der Waals surface area contributed by atoms with Gasteiger partial charge in [0.25, 0.3) is 5.91 Å². The predicted molar refractivity (Wildman–Crippen MR) is 250 cm³/mol. The van der Waals surface area contributed by atoms with E-state index in [1.807, 2.05) is 13.8 Å². The van der Waals surface area contributed by atoms with Crippen molar-refractivity contribution >= 4 is 40.5 Å². The number of halogens is 4. The highest BCUT2D eigenvalue weighted by Gasteiger charge is 2.41. The fraction of sp³-hybridized carbons (Fsp3) is 0.490. The minimum Gasteiger partial charge on any atom is -0.464 e. The summed E-state index contributed by atoms with van der Waals surface area (Å²) < 4.78 is 72.9. The number of benzene rings is 2. The number of nitrogens with zero attached hydrogens (tertiary/aromatic N) is 5. The van der Waals surface area contributed by atoms with Gasteiger partial charge >= 0.3 is 12.1 Å². The van der Waals surface area contributed by atoms with Crippen molar-refractivity contribution < 1.29 is 51.0 Å². The topological polar surface area (TPSA) is 155 Å². The van der Waals surface area contributed by atoms with E-state index in [1.165, 1.54) is 51.7 Å². The van der Waals surface area contributed by atoms with Gasteiger partial charge in [-0.3, -0.25) is 34.0 Å². The van der Waals surface area contributed by atoms with Crippen molar-refractivity contribution in [3.8, 4) is 22.4 Å². The lowest BCUT2D eigenvalue weighted by Crippen LogP contribution is -2.62. The van der Waals surface area contributed by atoms with Crippen LogP contribution in [-0.4, -0.2) is 119 Å². The van der Waals surface area contributed by atoms with Crippen LogP contribution in [0.15, 0.2) is 67.4 Å². The minimum atomic E-state index is -4.64. The van der Waals surface area contributed by atoms with Crippen LogP contribution >= 0.6 is 0 Å². The summed E-state index contributed by atoms with van der Waals surface area (Å²) >= 11 is 0. The molecule has 3 aliphatic heterocycles. The summed E-state index contributed by atoms with van der Waals surface area (Å²) in [5.41, 5.74) is 5.19. The molecule has 5 atom stereocenters. The molecule has 0 spiro atoms. The van der Waals surface area contributed by atoms with Gasteiger partial charge in [-0.2, -0.15) is 13.2 Å².